The van der Waals surface area contributed by atoms with Crippen LogP contribution < -0.4 is 0 Å². The summed E-state index contributed by atoms with van der Waals surface area (Å²) in [6.07, 6.45) is 10.2. The molecule has 21 heavy (non-hydrogen) atoms. The number of fused-ring (bicyclic) bond motifs is 3. The minimum atomic E-state index is -0.0389. The number of carbonyl (C=O) groups is 1. The van der Waals surface area contributed by atoms with E-state index in [4.69, 9.17) is 4.74 Å². The Morgan fingerprint density at radius 2 is 1.67 bits per heavy atom. The number of esters is 1. The minimum absolute atomic E-state index is 0.00424. The quantitative estimate of drug-likeness (QED) is 0.810. The molecule has 3 fully saturated rings. The zero-order valence-electron chi connectivity index (χ0n) is 13.3. The standard InChI is InChI=1S/C18H30O3/c1-2-21-18(20)10-12-3-7-16-13(9-12)4-5-14-11-15(19)6-8-17(14)16/h12-17,19H,2-11H2,1H3/t12-,13-,14-,15+,16-,17-/m1/s1. The highest BCUT2D eigenvalue weighted by molar-refractivity contribution is 5.69. The summed E-state index contributed by atoms with van der Waals surface area (Å²) in [4.78, 5) is 11.7. The molecule has 0 bridgehead atoms. The Kier molecular flexibility index (Phi) is 4.88. The smallest absolute Gasteiger partial charge is 0.306 e. The van der Waals surface area contributed by atoms with Crippen molar-refractivity contribution < 1.29 is 14.6 Å². The molecule has 0 saturated heterocycles. The van der Waals surface area contributed by atoms with Gasteiger partial charge in [0.1, 0.15) is 0 Å². The number of aliphatic hydroxyl groups excluding tert-OH is 1. The molecular formula is C18H30O3. The van der Waals surface area contributed by atoms with Gasteiger partial charge in [-0.2, -0.15) is 0 Å². The molecule has 0 aromatic carbocycles. The van der Waals surface area contributed by atoms with Crippen molar-refractivity contribution >= 4 is 5.97 Å². The number of ether oxygens (including phenoxy) is 1. The van der Waals surface area contributed by atoms with Crippen LogP contribution in [0.4, 0.5) is 0 Å². The molecule has 120 valence electrons. The molecule has 3 rings (SSSR count). The van der Waals surface area contributed by atoms with Crippen LogP contribution in [0, 0.1) is 29.6 Å². The summed E-state index contributed by atoms with van der Waals surface area (Å²) in [5.41, 5.74) is 0. The number of carbonyl (C=O) groups excluding carboxylic acids is 1. The van der Waals surface area contributed by atoms with Crippen LogP contribution in [-0.2, 0) is 9.53 Å². The largest absolute Gasteiger partial charge is 0.466 e. The Hall–Kier alpha value is -0.570. The van der Waals surface area contributed by atoms with Crippen LogP contribution in [0.2, 0.25) is 0 Å². The molecule has 0 heterocycles. The minimum Gasteiger partial charge on any atom is -0.466 e. The van der Waals surface area contributed by atoms with Gasteiger partial charge in [0.05, 0.1) is 12.7 Å². The second-order valence-electron chi connectivity index (χ2n) is 7.58. The van der Waals surface area contributed by atoms with Crippen LogP contribution in [0.1, 0.15) is 64.7 Å². The third-order valence-electron chi connectivity index (χ3n) is 6.38. The third kappa shape index (κ3) is 3.44. The summed E-state index contributed by atoms with van der Waals surface area (Å²) in [7, 11) is 0. The van der Waals surface area contributed by atoms with Crippen molar-refractivity contribution in [3.63, 3.8) is 0 Å². The van der Waals surface area contributed by atoms with Crippen molar-refractivity contribution in [1.29, 1.82) is 0 Å². The highest BCUT2D eigenvalue weighted by atomic mass is 16.5. The first-order chi connectivity index (χ1) is 10.2. The first-order valence-corrected chi connectivity index (χ1v) is 9.01. The van der Waals surface area contributed by atoms with Crippen LogP contribution in [0.15, 0.2) is 0 Å². The molecule has 0 aromatic heterocycles. The van der Waals surface area contributed by atoms with Gasteiger partial charge in [-0.15, -0.1) is 0 Å². The van der Waals surface area contributed by atoms with E-state index in [1.165, 1.54) is 38.5 Å². The van der Waals surface area contributed by atoms with Gasteiger partial charge >= 0.3 is 5.97 Å². The third-order valence-corrected chi connectivity index (χ3v) is 6.38. The normalized spacial score (nSPS) is 42.8. The van der Waals surface area contributed by atoms with Crippen LogP contribution in [0.3, 0.4) is 0 Å². The molecule has 3 aliphatic rings. The van der Waals surface area contributed by atoms with Gasteiger partial charge in [-0.25, -0.2) is 0 Å². The highest BCUT2D eigenvalue weighted by Gasteiger charge is 2.44. The maximum atomic E-state index is 11.7. The van der Waals surface area contributed by atoms with Crippen LogP contribution in [-0.4, -0.2) is 23.8 Å². The van der Waals surface area contributed by atoms with E-state index >= 15 is 0 Å². The van der Waals surface area contributed by atoms with Crippen molar-refractivity contribution in [2.75, 3.05) is 6.61 Å². The first kappa shape index (κ1) is 15.3. The van der Waals surface area contributed by atoms with E-state index in [0.29, 0.717) is 18.9 Å². The zero-order chi connectivity index (χ0) is 14.8. The summed E-state index contributed by atoms with van der Waals surface area (Å²) < 4.78 is 5.11. The second-order valence-corrected chi connectivity index (χ2v) is 7.58. The Bertz CT molecular complexity index is 367. The SMILES string of the molecule is CCOC(=O)C[C@@H]1CC[C@@H]2[C@H](CC[C@@H]3C[C@@H](O)CC[C@H]32)C1. The Morgan fingerprint density at radius 1 is 1.00 bits per heavy atom. The van der Waals surface area contributed by atoms with Crippen LogP contribution in [0.25, 0.3) is 0 Å². The molecule has 0 radical (unpaired) electrons. The highest BCUT2D eigenvalue weighted by Crippen LogP contribution is 2.52. The second kappa shape index (κ2) is 6.68. The topological polar surface area (TPSA) is 46.5 Å². The number of hydrogen-bond acceptors (Lipinski definition) is 3. The van der Waals surface area contributed by atoms with Crippen molar-refractivity contribution in [2.45, 2.75) is 70.8 Å². The van der Waals surface area contributed by atoms with Gasteiger partial charge in [0.15, 0.2) is 0 Å². The molecule has 6 atom stereocenters. The lowest BCUT2D eigenvalue weighted by Crippen LogP contribution is -2.42. The number of rotatable bonds is 3. The molecule has 0 aliphatic heterocycles. The number of hydrogen-bond donors (Lipinski definition) is 1. The molecule has 1 N–H and O–H groups in total. The molecule has 0 aromatic rings. The lowest BCUT2D eigenvalue weighted by atomic mass is 9.56. The van der Waals surface area contributed by atoms with Crippen LogP contribution >= 0.6 is 0 Å². The number of aliphatic hydroxyl groups is 1. The van der Waals surface area contributed by atoms with E-state index in [1.807, 2.05) is 6.92 Å². The van der Waals surface area contributed by atoms with Crippen LogP contribution in [0.5, 0.6) is 0 Å². The summed E-state index contributed by atoms with van der Waals surface area (Å²) in [5.74, 6) is 3.88. The van der Waals surface area contributed by atoms with Crippen molar-refractivity contribution in [2.24, 2.45) is 29.6 Å². The van der Waals surface area contributed by atoms with Gasteiger partial charge in [-0.05, 0) is 87.9 Å². The molecular weight excluding hydrogens is 264 g/mol. The van der Waals surface area contributed by atoms with Crippen molar-refractivity contribution in [1.82, 2.24) is 0 Å². The fourth-order valence-electron chi connectivity index (χ4n) is 5.51. The maximum absolute atomic E-state index is 11.7. The van der Waals surface area contributed by atoms with Gasteiger partial charge < -0.3 is 9.84 Å². The van der Waals surface area contributed by atoms with Gasteiger partial charge in [0.25, 0.3) is 0 Å². The molecule has 3 heteroatoms. The van der Waals surface area contributed by atoms with E-state index in [2.05, 4.69) is 0 Å². The maximum Gasteiger partial charge on any atom is 0.306 e. The molecule has 3 saturated carbocycles. The fraction of sp³-hybridized carbons (Fsp3) is 0.944. The first-order valence-electron chi connectivity index (χ1n) is 9.01. The van der Waals surface area contributed by atoms with E-state index in [9.17, 15) is 9.90 Å². The van der Waals surface area contributed by atoms with Gasteiger partial charge in [0, 0.05) is 6.42 Å². The predicted molar refractivity (Wildman–Crippen MR) is 81.6 cm³/mol. The van der Waals surface area contributed by atoms with Gasteiger partial charge in [-0.1, -0.05) is 0 Å². The average molecular weight is 294 g/mol. The Labute approximate surface area is 128 Å². The molecule has 0 amide bonds. The summed E-state index contributed by atoms with van der Waals surface area (Å²) >= 11 is 0. The Morgan fingerprint density at radius 3 is 2.38 bits per heavy atom. The lowest BCUT2D eigenvalue weighted by molar-refractivity contribution is -0.145. The molecule has 3 aliphatic carbocycles. The van der Waals surface area contributed by atoms with E-state index < -0.39 is 0 Å². The summed E-state index contributed by atoms with van der Waals surface area (Å²) in [5, 5.41) is 9.88. The monoisotopic (exact) mass is 294 g/mol. The zero-order valence-corrected chi connectivity index (χ0v) is 13.3. The van der Waals surface area contributed by atoms with Gasteiger partial charge in [0.2, 0.25) is 0 Å². The van der Waals surface area contributed by atoms with Crippen molar-refractivity contribution in [3.8, 4) is 0 Å². The molecule has 0 unspecified atom stereocenters. The fourth-order valence-corrected chi connectivity index (χ4v) is 5.51. The summed E-state index contributed by atoms with van der Waals surface area (Å²) in [6, 6.07) is 0. The lowest BCUT2D eigenvalue weighted by Gasteiger charge is -2.50. The molecule has 0 spiro atoms. The van der Waals surface area contributed by atoms with Crippen molar-refractivity contribution in [3.05, 3.63) is 0 Å². The Balaban J connectivity index is 1.55. The van der Waals surface area contributed by atoms with E-state index in [-0.39, 0.29) is 12.1 Å². The summed E-state index contributed by atoms with van der Waals surface area (Å²) in [6.45, 7) is 2.39. The molecule has 3 nitrogen and oxygen atoms in total. The van der Waals surface area contributed by atoms with Gasteiger partial charge in [-0.3, -0.25) is 4.79 Å². The predicted octanol–water partition coefficient (Wildman–Crippen LogP) is 3.54. The average Bonchev–Trinajstić information content (AvgIpc) is 2.46. The van der Waals surface area contributed by atoms with E-state index in [0.717, 1.165) is 36.5 Å². The van der Waals surface area contributed by atoms with E-state index in [1.54, 1.807) is 0 Å².